The monoisotopic (exact) mass is 379 g/mol. The zero-order chi connectivity index (χ0) is 18.5. The fourth-order valence-corrected chi connectivity index (χ4v) is 2.27. The van der Waals surface area contributed by atoms with Gasteiger partial charge >= 0.3 is 12.6 Å². The van der Waals surface area contributed by atoms with Crippen LogP contribution in [-0.4, -0.2) is 17.6 Å². The predicted molar refractivity (Wildman–Crippen MR) is 89.5 cm³/mol. The van der Waals surface area contributed by atoms with Crippen molar-refractivity contribution in [3.8, 4) is 23.0 Å². The molecule has 3 rings (SSSR count). The van der Waals surface area contributed by atoms with Crippen LogP contribution in [0.4, 0.5) is 8.78 Å². The van der Waals surface area contributed by atoms with Gasteiger partial charge in [0.05, 0.1) is 17.1 Å². The number of nitrogens with zero attached hydrogens (tertiary/aromatic N) is 1. The summed E-state index contributed by atoms with van der Waals surface area (Å²) < 4.78 is 40.4. The Labute approximate surface area is 152 Å². The lowest BCUT2D eigenvalue weighted by molar-refractivity contribution is -0.0512. The van der Waals surface area contributed by atoms with E-state index in [4.69, 9.17) is 20.8 Å². The summed E-state index contributed by atoms with van der Waals surface area (Å²) >= 11 is 5.66. The standard InChI is InChI=1S/C18H12ClF2NO4/c19-9-13-10-24-16(22-13)12-6-7-14(15(8-12)26-18(20)21)25-17(23)11-4-2-1-3-5-11/h1-8,10,18H,9H2. The molecule has 3 aromatic rings. The summed E-state index contributed by atoms with van der Waals surface area (Å²) in [5, 5.41) is 0. The van der Waals surface area contributed by atoms with Gasteiger partial charge in [0.1, 0.15) is 6.26 Å². The molecule has 0 saturated heterocycles. The van der Waals surface area contributed by atoms with Crippen molar-refractivity contribution in [2.24, 2.45) is 0 Å². The number of benzene rings is 2. The van der Waals surface area contributed by atoms with Gasteiger partial charge in [0.15, 0.2) is 11.5 Å². The van der Waals surface area contributed by atoms with Crippen molar-refractivity contribution in [1.29, 1.82) is 0 Å². The number of oxazole rings is 1. The van der Waals surface area contributed by atoms with Crippen LogP contribution in [-0.2, 0) is 5.88 Å². The lowest BCUT2D eigenvalue weighted by Crippen LogP contribution is -2.11. The Hall–Kier alpha value is -2.93. The summed E-state index contributed by atoms with van der Waals surface area (Å²) in [7, 11) is 0. The molecular formula is C18H12ClF2NO4. The Morgan fingerprint density at radius 2 is 1.92 bits per heavy atom. The predicted octanol–water partition coefficient (Wildman–Crippen LogP) is 4.90. The van der Waals surface area contributed by atoms with Crippen molar-refractivity contribution in [2.75, 3.05) is 0 Å². The van der Waals surface area contributed by atoms with Gasteiger partial charge in [-0.2, -0.15) is 8.78 Å². The molecule has 26 heavy (non-hydrogen) atoms. The maximum absolute atomic E-state index is 12.7. The van der Waals surface area contributed by atoms with Crippen molar-refractivity contribution in [3.05, 3.63) is 66.1 Å². The highest BCUT2D eigenvalue weighted by Crippen LogP contribution is 2.34. The molecule has 0 saturated carbocycles. The van der Waals surface area contributed by atoms with Crippen LogP contribution in [0.2, 0.25) is 0 Å². The quantitative estimate of drug-likeness (QED) is 0.346. The molecule has 1 aromatic heterocycles. The van der Waals surface area contributed by atoms with E-state index in [-0.39, 0.29) is 28.8 Å². The molecular weight excluding hydrogens is 368 g/mol. The van der Waals surface area contributed by atoms with E-state index in [2.05, 4.69) is 9.72 Å². The third-order valence-electron chi connectivity index (χ3n) is 3.31. The van der Waals surface area contributed by atoms with E-state index in [9.17, 15) is 13.6 Å². The average Bonchev–Trinajstić information content (AvgIpc) is 3.12. The second-order valence-electron chi connectivity index (χ2n) is 5.07. The molecule has 8 heteroatoms. The summed E-state index contributed by atoms with van der Waals surface area (Å²) in [5.74, 6) is -0.824. The maximum Gasteiger partial charge on any atom is 0.387 e. The van der Waals surface area contributed by atoms with E-state index in [1.807, 2.05) is 0 Å². The highest BCUT2D eigenvalue weighted by molar-refractivity contribution is 6.16. The number of rotatable bonds is 6. The van der Waals surface area contributed by atoms with Crippen LogP contribution >= 0.6 is 11.6 Å². The number of carbonyl (C=O) groups is 1. The number of esters is 1. The SMILES string of the molecule is O=C(Oc1ccc(-c2nc(CCl)co2)cc1OC(F)F)c1ccccc1. The lowest BCUT2D eigenvalue weighted by atomic mass is 10.2. The lowest BCUT2D eigenvalue weighted by Gasteiger charge is -2.12. The van der Waals surface area contributed by atoms with E-state index in [1.54, 1.807) is 30.3 Å². The van der Waals surface area contributed by atoms with Crippen LogP contribution < -0.4 is 9.47 Å². The number of halogens is 3. The molecule has 0 spiro atoms. The van der Waals surface area contributed by atoms with Crippen LogP contribution in [0.1, 0.15) is 16.1 Å². The first-order valence-corrected chi connectivity index (χ1v) is 7.97. The minimum atomic E-state index is -3.10. The highest BCUT2D eigenvalue weighted by atomic mass is 35.5. The fraction of sp³-hybridized carbons (Fsp3) is 0.111. The van der Waals surface area contributed by atoms with Gasteiger partial charge in [0.2, 0.25) is 5.89 Å². The van der Waals surface area contributed by atoms with Crippen molar-refractivity contribution >= 4 is 17.6 Å². The number of ether oxygens (including phenoxy) is 2. The largest absolute Gasteiger partial charge is 0.444 e. The molecule has 0 N–H and O–H groups in total. The molecule has 0 aliphatic heterocycles. The maximum atomic E-state index is 12.7. The summed E-state index contributed by atoms with van der Waals surface area (Å²) in [6.07, 6.45) is 1.36. The van der Waals surface area contributed by atoms with Gasteiger partial charge in [-0.15, -0.1) is 11.6 Å². The van der Waals surface area contributed by atoms with E-state index in [0.29, 0.717) is 11.3 Å². The summed E-state index contributed by atoms with van der Waals surface area (Å²) in [5.41, 5.74) is 1.15. The Kier molecular flexibility index (Phi) is 5.48. The van der Waals surface area contributed by atoms with Gasteiger partial charge in [-0.1, -0.05) is 18.2 Å². The summed E-state index contributed by atoms with van der Waals surface area (Å²) in [4.78, 5) is 16.2. The van der Waals surface area contributed by atoms with Crippen LogP contribution in [0.25, 0.3) is 11.5 Å². The van der Waals surface area contributed by atoms with Crippen molar-refractivity contribution < 1.29 is 27.5 Å². The highest BCUT2D eigenvalue weighted by Gasteiger charge is 2.18. The Balaban J connectivity index is 1.90. The first-order chi connectivity index (χ1) is 12.6. The summed E-state index contributed by atoms with van der Waals surface area (Å²) in [6.45, 7) is -3.10. The molecule has 0 amide bonds. The van der Waals surface area contributed by atoms with Gasteiger partial charge in [-0.05, 0) is 30.3 Å². The third-order valence-corrected chi connectivity index (χ3v) is 3.58. The molecule has 0 fully saturated rings. The number of carbonyl (C=O) groups excluding carboxylic acids is 1. The normalized spacial score (nSPS) is 10.8. The average molecular weight is 380 g/mol. The zero-order valence-electron chi connectivity index (χ0n) is 13.2. The molecule has 2 aromatic carbocycles. The van der Waals surface area contributed by atoms with E-state index < -0.39 is 12.6 Å². The minimum Gasteiger partial charge on any atom is -0.444 e. The smallest absolute Gasteiger partial charge is 0.387 e. The molecule has 0 aliphatic rings. The van der Waals surface area contributed by atoms with Crippen molar-refractivity contribution in [3.63, 3.8) is 0 Å². The molecule has 1 heterocycles. The minimum absolute atomic E-state index is 0.146. The Bertz CT molecular complexity index is 899. The second-order valence-corrected chi connectivity index (χ2v) is 5.34. The van der Waals surface area contributed by atoms with Crippen LogP contribution in [0.3, 0.4) is 0 Å². The van der Waals surface area contributed by atoms with Gasteiger partial charge < -0.3 is 13.9 Å². The van der Waals surface area contributed by atoms with Gasteiger partial charge in [0.25, 0.3) is 0 Å². The molecule has 134 valence electrons. The third kappa shape index (κ3) is 4.18. The molecule has 0 aliphatic carbocycles. The number of alkyl halides is 3. The molecule has 0 bridgehead atoms. The van der Waals surface area contributed by atoms with Crippen molar-refractivity contribution in [1.82, 2.24) is 4.98 Å². The van der Waals surface area contributed by atoms with Gasteiger partial charge in [-0.3, -0.25) is 0 Å². The van der Waals surface area contributed by atoms with E-state index in [0.717, 1.165) is 0 Å². The first kappa shape index (κ1) is 17.9. The van der Waals surface area contributed by atoms with Gasteiger partial charge in [0, 0.05) is 5.56 Å². The second kappa shape index (κ2) is 7.97. The van der Waals surface area contributed by atoms with Crippen LogP contribution in [0.5, 0.6) is 11.5 Å². The van der Waals surface area contributed by atoms with Crippen LogP contribution in [0.15, 0.2) is 59.2 Å². The molecule has 0 atom stereocenters. The first-order valence-electron chi connectivity index (χ1n) is 7.43. The number of hydrogen-bond donors (Lipinski definition) is 0. The van der Waals surface area contributed by atoms with Crippen LogP contribution in [0, 0.1) is 0 Å². The molecule has 5 nitrogen and oxygen atoms in total. The number of hydrogen-bond acceptors (Lipinski definition) is 5. The van der Waals surface area contributed by atoms with E-state index in [1.165, 1.54) is 24.5 Å². The number of aromatic nitrogens is 1. The molecule has 0 radical (unpaired) electrons. The molecule has 0 unspecified atom stereocenters. The fourth-order valence-electron chi connectivity index (χ4n) is 2.15. The zero-order valence-corrected chi connectivity index (χ0v) is 14.0. The summed E-state index contributed by atoms with van der Waals surface area (Å²) in [6, 6.07) is 12.2. The topological polar surface area (TPSA) is 61.6 Å². The van der Waals surface area contributed by atoms with Crippen molar-refractivity contribution in [2.45, 2.75) is 12.5 Å². The van der Waals surface area contributed by atoms with E-state index >= 15 is 0 Å². The van der Waals surface area contributed by atoms with Gasteiger partial charge in [-0.25, -0.2) is 9.78 Å². The Morgan fingerprint density at radius 1 is 1.15 bits per heavy atom. The Morgan fingerprint density at radius 3 is 2.58 bits per heavy atom.